The molecule has 236 valence electrons. The number of likely N-dealkylation sites (tertiary alicyclic amines) is 1. The number of aromatic nitrogens is 1. The Morgan fingerprint density at radius 1 is 1.07 bits per heavy atom. The number of rotatable bonds is 15. The lowest BCUT2D eigenvalue weighted by Gasteiger charge is -2.38. The molecule has 2 heterocycles. The summed E-state index contributed by atoms with van der Waals surface area (Å²) in [5, 5.41) is 13.4. The summed E-state index contributed by atoms with van der Waals surface area (Å²) in [6.45, 7) is 7.96. The molecular weight excluding hydrogens is 566 g/mol. The number of unbranched alkanes of at least 4 members (excludes halogenated alkanes) is 4. The van der Waals surface area contributed by atoms with Gasteiger partial charge in [-0.3, -0.25) is 19.2 Å². The summed E-state index contributed by atoms with van der Waals surface area (Å²) in [6, 6.07) is 7.05. The second kappa shape index (κ2) is 15.4. The summed E-state index contributed by atoms with van der Waals surface area (Å²) >= 11 is 1.58. The number of nitrogens with zero attached hydrogens (tertiary/aromatic N) is 2. The van der Waals surface area contributed by atoms with Crippen molar-refractivity contribution < 1.29 is 24.3 Å². The van der Waals surface area contributed by atoms with E-state index in [4.69, 9.17) is 11.5 Å². The number of benzene rings is 1. The first-order valence-electron chi connectivity index (χ1n) is 15.1. The quantitative estimate of drug-likeness (QED) is 0.223. The largest absolute Gasteiger partial charge is 0.391 e. The predicted molar refractivity (Wildman–Crippen MR) is 167 cm³/mol. The van der Waals surface area contributed by atoms with Crippen molar-refractivity contribution in [2.75, 3.05) is 6.54 Å². The van der Waals surface area contributed by atoms with Crippen LogP contribution in [0.4, 0.5) is 0 Å². The highest BCUT2D eigenvalue weighted by Crippen LogP contribution is 2.38. The fourth-order valence-corrected chi connectivity index (χ4v) is 6.77. The van der Waals surface area contributed by atoms with Crippen molar-refractivity contribution in [2.24, 2.45) is 28.7 Å². The molecule has 1 aromatic carbocycles. The Bertz CT molecular complexity index is 1260. The van der Waals surface area contributed by atoms with Gasteiger partial charge in [-0.2, -0.15) is 0 Å². The van der Waals surface area contributed by atoms with Crippen molar-refractivity contribution in [3.05, 3.63) is 41.0 Å². The topological polar surface area (TPSA) is 169 Å². The van der Waals surface area contributed by atoms with Gasteiger partial charge >= 0.3 is 0 Å². The number of aliphatic hydroxyl groups is 1. The van der Waals surface area contributed by atoms with E-state index < -0.39 is 35.3 Å². The van der Waals surface area contributed by atoms with Crippen molar-refractivity contribution in [1.29, 1.82) is 0 Å². The van der Waals surface area contributed by atoms with Crippen LogP contribution in [0.1, 0.15) is 83.4 Å². The summed E-state index contributed by atoms with van der Waals surface area (Å²) in [6.07, 6.45) is 4.13. The average Bonchev–Trinajstić information content (AvgIpc) is 3.54. The Labute approximate surface area is 258 Å². The van der Waals surface area contributed by atoms with Gasteiger partial charge in [0.05, 0.1) is 28.1 Å². The molecule has 1 saturated heterocycles. The van der Waals surface area contributed by atoms with Crippen molar-refractivity contribution in [3.63, 3.8) is 0 Å². The van der Waals surface area contributed by atoms with Gasteiger partial charge in [-0.1, -0.05) is 70.7 Å². The molecule has 0 aliphatic carbocycles. The second-order valence-corrected chi connectivity index (χ2v) is 13.6. The number of primary amides is 2. The molecule has 2 aromatic rings. The smallest absolute Gasteiger partial charge is 0.243 e. The predicted octanol–water partition coefficient (Wildman–Crippen LogP) is 3.68. The van der Waals surface area contributed by atoms with E-state index in [0.29, 0.717) is 19.3 Å². The zero-order valence-electron chi connectivity index (χ0n) is 25.8. The van der Waals surface area contributed by atoms with E-state index in [9.17, 15) is 24.3 Å². The van der Waals surface area contributed by atoms with E-state index in [-0.39, 0.29) is 37.2 Å². The fourth-order valence-electron chi connectivity index (χ4n) is 5.96. The third-order valence-corrected chi connectivity index (χ3v) is 9.18. The van der Waals surface area contributed by atoms with E-state index in [1.807, 2.05) is 57.5 Å². The molecular formula is C32H47N5O5S. The van der Waals surface area contributed by atoms with Gasteiger partial charge in [0.2, 0.25) is 23.6 Å². The van der Waals surface area contributed by atoms with Crippen LogP contribution in [-0.2, 0) is 25.7 Å². The maximum atomic E-state index is 14.1. The van der Waals surface area contributed by atoms with E-state index in [0.717, 1.165) is 47.4 Å². The SMILES string of the molecule is Cc1ncsc1-c1ccc(CNC(=O)[C@@H]2C[C@@H](O)CN2C(=O)C(C(CCCCCCCC(N)=O)C(N)=O)C(C)(C)C)cc1. The molecule has 0 saturated carbocycles. The third kappa shape index (κ3) is 9.59. The van der Waals surface area contributed by atoms with Crippen molar-refractivity contribution in [2.45, 2.75) is 97.8 Å². The number of hydrogen-bond acceptors (Lipinski definition) is 7. The van der Waals surface area contributed by atoms with Crippen LogP contribution in [0.15, 0.2) is 29.8 Å². The van der Waals surface area contributed by atoms with Gasteiger partial charge in [0.25, 0.3) is 0 Å². The summed E-state index contributed by atoms with van der Waals surface area (Å²) in [4.78, 5) is 57.9. The number of aryl methyl sites for hydroxylation is 1. The zero-order valence-corrected chi connectivity index (χ0v) is 26.6. The Morgan fingerprint density at radius 3 is 2.30 bits per heavy atom. The van der Waals surface area contributed by atoms with Gasteiger partial charge in [0.15, 0.2) is 0 Å². The highest BCUT2D eigenvalue weighted by atomic mass is 32.1. The molecule has 0 bridgehead atoms. The molecule has 1 aliphatic rings. The van der Waals surface area contributed by atoms with E-state index in [1.54, 1.807) is 11.3 Å². The van der Waals surface area contributed by atoms with Crippen LogP contribution in [0.5, 0.6) is 0 Å². The number of carbonyl (C=O) groups is 4. The lowest BCUT2D eigenvalue weighted by atomic mass is 9.70. The number of β-amino-alcohol motifs (C(OH)–C–C–N with tert-alkyl or cyclic N) is 1. The zero-order chi connectivity index (χ0) is 31.7. The summed E-state index contributed by atoms with van der Waals surface area (Å²) in [5.41, 5.74) is 15.2. The molecule has 4 amide bonds. The molecule has 1 fully saturated rings. The molecule has 1 aromatic heterocycles. The van der Waals surface area contributed by atoms with Crippen LogP contribution >= 0.6 is 11.3 Å². The van der Waals surface area contributed by atoms with Gasteiger partial charge in [0, 0.05) is 31.8 Å². The summed E-state index contributed by atoms with van der Waals surface area (Å²) in [7, 11) is 0. The van der Waals surface area contributed by atoms with Crippen LogP contribution in [0.25, 0.3) is 10.4 Å². The van der Waals surface area contributed by atoms with Gasteiger partial charge in [0.1, 0.15) is 6.04 Å². The molecule has 10 nitrogen and oxygen atoms in total. The Balaban J connectivity index is 1.65. The maximum absolute atomic E-state index is 14.1. The van der Waals surface area contributed by atoms with Gasteiger partial charge in [-0.25, -0.2) is 4.98 Å². The van der Waals surface area contributed by atoms with Crippen molar-refractivity contribution in [1.82, 2.24) is 15.2 Å². The average molecular weight is 614 g/mol. The lowest BCUT2D eigenvalue weighted by molar-refractivity contribution is -0.149. The molecule has 11 heteroatoms. The lowest BCUT2D eigenvalue weighted by Crippen LogP contribution is -2.52. The van der Waals surface area contributed by atoms with Crippen LogP contribution in [-0.4, -0.2) is 57.3 Å². The first-order chi connectivity index (χ1) is 20.3. The molecule has 1 aliphatic heterocycles. The third-order valence-electron chi connectivity index (χ3n) is 8.20. The van der Waals surface area contributed by atoms with Crippen LogP contribution in [0.3, 0.4) is 0 Å². The van der Waals surface area contributed by atoms with Gasteiger partial charge in [-0.05, 0) is 36.3 Å². The van der Waals surface area contributed by atoms with Gasteiger partial charge < -0.3 is 26.8 Å². The second-order valence-electron chi connectivity index (χ2n) is 12.7. The minimum absolute atomic E-state index is 0.0255. The first kappa shape index (κ1) is 34.2. The van der Waals surface area contributed by atoms with Crippen LogP contribution in [0, 0.1) is 24.2 Å². The van der Waals surface area contributed by atoms with Gasteiger partial charge in [-0.15, -0.1) is 11.3 Å². The highest BCUT2D eigenvalue weighted by Gasteiger charge is 2.47. The van der Waals surface area contributed by atoms with E-state index >= 15 is 0 Å². The molecule has 6 N–H and O–H groups in total. The summed E-state index contributed by atoms with van der Waals surface area (Å²) < 4.78 is 0. The number of aliphatic hydroxyl groups excluding tert-OH is 1. The molecule has 0 radical (unpaired) electrons. The number of hydrogen-bond donors (Lipinski definition) is 4. The summed E-state index contributed by atoms with van der Waals surface area (Å²) in [5.74, 6) is -2.98. The number of nitrogens with one attached hydrogen (secondary N) is 1. The van der Waals surface area contributed by atoms with Crippen molar-refractivity contribution in [3.8, 4) is 10.4 Å². The van der Waals surface area contributed by atoms with Crippen LogP contribution in [0.2, 0.25) is 0 Å². The van der Waals surface area contributed by atoms with Crippen molar-refractivity contribution >= 4 is 35.0 Å². The van der Waals surface area contributed by atoms with E-state index in [1.165, 1.54) is 4.90 Å². The number of carbonyl (C=O) groups excluding carboxylic acids is 4. The number of nitrogens with two attached hydrogens (primary N) is 2. The number of amides is 4. The molecule has 2 unspecified atom stereocenters. The Morgan fingerprint density at radius 2 is 1.72 bits per heavy atom. The first-order valence-corrected chi connectivity index (χ1v) is 16.0. The highest BCUT2D eigenvalue weighted by molar-refractivity contribution is 7.13. The maximum Gasteiger partial charge on any atom is 0.243 e. The number of thiazole rings is 1. The Hall–Kier alpha value is -3.31. The molecule has 4 atom stereocenters. The Kier molecular flexibility index (Phi) is 12.3. The molecule has 43 heavy (non-hydrogen) atoms. The van der Waals surface area contributed by atoms with E-state index in [2.05, 4.69) is 10.3 Å². The van der Waals surface area contributed by atoms with Crippen LogP contribution < -0.4 is 16.8 Å². The molecule has 0 spiro atoms. The minimum Gasteiger partial charge on any atom is -0.391 e. The standard InChI is InChI=1S/C32H47N5O5S/c1-20-28(43-19-36-20)22-14-12-21(13-15-22)17-35-30(41)25-16-23(38)18-37(25)31(42)27(32(2,3)4)24(29(34)40)10-8-6-5-7-9-11-26(33)39/h12-15,19,23-25,27,38H,5-11,16-18H2,1-4H3,(H2,33,39)(H2,34,40)(H,35,41)/t23-,24?,25+,27?/m1/s1. The minimum atomic E-state index is -0.842. The molecule has 3 rings (SSSR count). The fraction of sp³-hybridized carbons (Fsp3) is 0.594. The monoisotopic (exact) mass is 613 g/mol. The normalized spacial score (nSPS) is 18.3.